The van der Waals surface area contributed by atoms with Crippen LogP contribution in [0.4, 0.5) is 0 Å². The predicted octanol–water partition coefficient (Wildman–Crippen LogP) is 25.3. The second-order valence-electron chi connectivity index (χ2n) is 31.6. The van der Waals surface area contributed by atoms with E-state index < -0.39 is 15.8 Å². The Bertz CT molecular complexity index is 4090. The van der Waals surface area contributed by atoms with E-state index in [2.05, 4.69) is 286 Å². The van der Waals surface area contributed by atoms with Crippen LogP contribution >= 0.6 is 31.7 Å². The number of para-hydroxylation sites is 2. The predicted molar refractivity (Wildman–Crippen MR) is 462 cm³/mol. The summed E-state index contributed by atoms with van der Waals surface area (Å²) in [5.41, 5.74) is 16.2. The van der Waals surface area contributed by atoms with Crippen molar-refractivity contribution in [2.24, 2.45) is 0 Å². The molecule has 7 heteroatoms. The Kier molecular flexibility index (Phi) is 26.6. The number of rotatable bonds is 19. The standard InChI is InChI=1S/C39H32OP2.C33H49P.C26H35O2P/c1-39(2)33-25-15-27-35(41(29-17-7-3-8-18-29)30-19-9-4-10-20-30)37(33)40-38-34(39)26-16-28-36(38)42(31-21-11-5-12-22-31)32-23-13-6-14-24-32;1-23(2)26-21-30(24(3)4)33(31(22-26)25(5)6)29-19-13-14-20-32(29)34(27-15-9-7-10-16-27)28-17-11-8-12-18-28;1-27-23-17-11-18-24(28-2)26(23)22-16-9-10-19-25(22)29(20-12-5-3-6-13-20)21-14-7-4-8-15-21/h3-28H,1-2H3;13-14,19-25,27-28H,7-12,15-18H2,1-6H3;9-11,16-21H,3-8,12-15H2,1-2H3. The molecule has 3 nitrogen and oxygen atoms in total. The van der Waals surface area contributed by atoms with Gasteiger partial charge in [-0.15, -0.1) is 0 Å². The van der Waals surface area contributed by atoms with Crippen LogP contribution in [0, 0.1) is 0 Å². The highest BCUT2D eigenvalue weighted by Gasteiger charge is 2.41. The van der Waals surface area contributed by atoms with Gasteiger partial charge >= 0.3 is 0 Å². The Morgan fingerprint density at radius 1 is 0.324 bits per heavy atom. The third-order valence-corrected chi connectivity index (χ3v) is 35.4. The minimum absolute atomic E-state index is 0.120. The fraction of sp³-hybridized carbons (Fsp3) is 0.388. The smallest absolute Gasteiger partial charge is 0.139 e. The van der Waals surface area contributed by atoms with Crippen LogP contribution < -0.4 is 56.6 Å². The Balaban J connectivity index is 0.000000142. The minimum Gasteiger partial charge on any atom is -0.496 e. The Morgan fingerprint density at radius 2 is 0.619 bits per heavy atom. The molecular formula is C98H116O3P4. The van der Waals surface area contributed by atoms with Gasteiger partial charge < -0.3 is 14.2 Å². The van der Waals surface area contributed by atoms with E-state index in [0.717, 1.165) is 51.2 Å². The summed E-state index contributed by atoms with van der Waals surface area (Å²) in [4.78, 5) is 0. The average molecular weight is 1470 g/mol. The topological polar surface area (TPSA) is 27.7 Å². The monoisotopic (exact) mass is 1460 g/mol. The molecule has 4 saturated carbocycles. The molecule has 15 rings (SSSR count). The van der Waals surface area contributed by atoms with E-state index in [0.29, 0.717) is 17.8 Å². The summed E-state index contributed by atoms with van der Waals surface area (Å²) < 4.78 is 18.8. The van der Waals surface area contributed by atoms with Gasteiger partial charge in [0, 0.05) is 27.2 Å². The van der Waals surface area contributed by atoms with Crippen molar-refractivity contribution < 1.29 is 14.2 Å². The Labute approximate surface area is 637 Å². The number of hydrogen-bond acceptors (Lipinski definition) is 3. The largest absolute Gasteiger partial charge is 0.496 e. The maximum Gasteiger partial charge on any atom is 0.139 e. The van der Waals surface area contributed by atoms with Crippen molar-refractivity contribution in [3.05, 3.63) is 264 Å². The van der Waals surface area contributed by atoms with Crippen LogP contribution in [0.2, 0.25) is 0 Å². The van der Waals surface area contributed by atoms with Gasteiger partial charge in [-0.1, -0.05) is 373 Å². The first kappa shape index (κ1) is 76.5. The maximum atomic E-state index is 7.26. The van der Waals surface area contributed by atoms with E-state index in [4.69, 9.17) is 14.2 Å². The number of hydrogen-bond donors (Lipinski definition) is 0. The molecule has 4 fully saturated rings. The van der Waals surface area contributed by atoms with Crippen molar-refractivity contribution in [1.29, 1.82) is 0 Å². The molecule has 105 heavy (non-hydrogen) atoms. The number of ether oxygens (including phenoxy) is 3. The highest BCUT2D eigenvalue weighted by atomic mass is 31.1. The molecule has 0 atom stereocenters. The van der Waals surface area contributed by atoms with E-state index in [1.165, 1.54) is 182 Å². The molecule has 0 aromatic heterocycles. The van der Waals surface area contributed by atoms with Crippen LogP contribution in [0.1, 0.15) is 229 Å². The van der Waals surface area contributed by atoms with Crippen LogP contribution in [0.3, 0.4) is 0 Å². The van der Waals surface area contributed by atoms with Crippen LogP contribution in [0.15, 0.2) is 237 Å². The molecular weight excluding hydrogens is 1350 g/mol. The van der Waals surface area contributed by atoms with Gasteiger partial charge in [0.05, 0.1) is 19.8 Å². The van der Waals surface area contributed by atoms with Gasteiger partial charge in [-0.05, 0) is 185 Å². The molecule has 1 heterocycles. The Hall–Kier alpha value is -6.68. The van der Waals surface area contributed by atoms with Crippen molar-refractivity contribution in [2.75, 3.05) is 14.2 Å². The van der Waals surface area contributed by atoms with Crippen molar-refractivity contribution >= 4 is 74.1 Å². The van der Waals surface area contributed by atoms with Gasteiger partial charge in [-0.2, -0.15) is 0 Å². The normalized spacial score (nSPS) is 16.5. The second kappa shape index (κ2) is 36.5. The van der Waals surface area contributed by atoms with Gasteiger partial charge in [-0.25, -0.2) is 0 Å². The summed E-state index contributed by atoms with van der Waals surface area (Å²) in [5.74, 6) is 5.50. The molecule has 0 bridgehead atoms. The molecule has 0 amide bonds. The number of benzene rings is 10. The molecule has 0 saturated heterocycles. The molecule has 0 radical (unpaired) electrons. The summed E-state index contributed by atoms with van der Waals surface area (Å²) in [5, 5.41) is 11.1. The summed E-state index contributed by atoms with van der Waals surface area (Å²) in [6.45, 7) is 19.0. The van der Waals surface area contributed by atoms with E-state index in [-0.39, 0.29) is 21.3 Å². The third-order valence-electron chi connectivity index (χ3n) is 23.4. The lowest BCUT2D eigenvalue weighted by atomic mass is 9.76. The quantitative estimate of drug-likeness (QED) is 0.0755. The molecule has 5 aliphatic rings. The maximum absolute atomic E-state index is 7.26. The van der Waals surface area contributed by atoms with Gasteiger partial charge in [0.15, 0.2) is 0 Å². The SMILES string of the molecule is CC(C)c1cc(C(C)C)c(-c2ccccc2P(C2CCCCC2)C2CCCCC2)c(C(C)C)c1.CC1(C)c2cccc(P(c3ccccc3)c3ccccc3)c2Oc2c(P(c3ccccc3)c3ccccc3)cccc21.COc1cccc(OC)c1-c1ccccc1P(C1CCCCC1)C1CCCCC1. The lowest BCUT2D eigenvalue weighted by Crippen LogP contribution is -2.32. The number of fused-ring (bicyclic) bond motifs is 2. The van der Waals surface area contributed by atoms with Crippen LogP contribution in [0.5, 0.6) is 23.0 Å². The first-order valence-corrected chi connectivity index (χ1v) is 45.9. The molecule has 0 unspecified atom stereocenters. The molecule has 546 valence electrons. The minimum atomic E-state index is -0.824. The van der Waals surface area contributed by atoms with Gasteiger partial charge in [0.1, 0.15) is 23.0 Å². The number of methoxy groups -OCH3 is 2. The van der Waals surface area contributed by atoms with Crippen molar-refractivity contribution in [3.8, 4) is 45.3 Å². The third kappa shape index (κ3) is 17.4. The van der Waals surface area contributed by atoms with Crippen molar-refractivity contribution in [1.82, 2.24) is 0 Å². The van der Waals surface area contributed by atoms with E-state index in [1.54, 1.807) is 47.1 Å². The first-order valence-electron chi connectivity index (χ1n) is 40.2. The fourth-order valence-electron chi connectivity index (χ4n) is 18.0. The molecule has 0 spiro atoms. The lowest BCUT2D eigenvalue weighted by molar-refractivity contribution is 0.397. The highest BCUT2D eigenvalue weighted by molar-refractivity contribution is 7.80. The zero-order valence-electron chi connectivity index (χ0n) is 64.7. The van der Waals surface area contributed by atoms with Crippen LogP contribution in [0.25, 0.3) is 22.3 Å². The van der Waals surface area contributed by atoms with E-state index in [1.807, 2.05) is 6.07 Å². The lowest BCUT2D eigenvalue weighted by Gasteiger charge is -2.40. The summed E-state index contributed by atoms with van der Waals surface area (Å²) in [6, 6.07) is 87.3. The average Bonchev–Trinajstić information content (AvgIpc) is 0.752. The molecule has 10 aromatic rings. The van der Waals surface area contributed by atoms with E-state index >= 15 is 0 Å². The molecule has 0 N–H and O–H groups in total. The Morgan fingerprint density at radius 3 is 0.933 bits per heavy atom. The summed E-state index contributed by atoms with van der Waals surface area (Å²) in [6.07, 6.45) is 28.8. The van der Waals surface area contributed by atoms with Crippen molar-refractivity contribution in [3.63, 3.8) is 0 Å². The van der Waals surface area contributed by atoms with Gasteiger partial charge in [0.25, 0.3) is 0 Å². The summed E-state index contributed by atoms with van der Waals surface area (Å²) >= 11 is 0. The highest BCUT2D eigenvalue weighted by Crippen LogP contribution is 2.60. The van der Waals surface area contributed by atoms with Crippen LogP contribution in [-0.4, -0.2) is 36.9 Å². The van der Waals surface area contributed by atoms with Crippen LogP contribution in [-0.2, 0) is 5.41 Å². The molecule has 4 aliphatic carbocycles. The van der Waals surface area contributed by atoms with Crippen molar-refractivity contribution in [2.45, 2.75) is 230 Å². The second-order valence-corrected chi connectivity index (χ2v) is 41.5. The van der Waals surface area contributed by atoms with Gasteiger partial charge in [-0.3, -0.25) is 0 Å². The van der Waals surface area contributed by atoms with E-state index in [9.17, 15) is 0 Å². The zero-order chi connectivity index (χ0) is 72.8. The fourth-order valence-corrected chi connectivity index (χ4v) is 30.7. The molecule has 1 aliphatic heterocycles. The zero-order valence-corrected chi connectivity index (χ0v) is 68.3. The van der Waals surface area contributed by atoms with Gasteiger partial charge in [0.2, 0.25) is 0 Å². The summed E-state index contributed by atoms with van der Waals surface area (Å²) in [7, 11) is 1.59. The molecule has 10 aromatic carbocycles. The first-order chi connectivity index (χ1) is 51.3.